The molecule has 1 aliphatic carbocycles. The Kier molecular flexibility index (Phi) is 3.34. The van der Waals surface area contributed by atoms with Crippen LogP contribution in [-0.2, 0) is 0 Å². The summed E-state index contributed by atoms with van der Waals surface area (Å²) in [5.74, 6) is -0.238. The molecule has 0 unspecified atom stereocenters. The largest absolute Gasteiger partial charge is 0.296 e. The second-order valence-electron chi connectivity index (χ2n) is 4.43. The minimum atomic E-state index is -0.302. The summed E-state index contributed by atoms with van der Waals surface area (Å²) < 4.78 is 12.7. The second kappa shape index (κ2) is 4.74. The molecule has 1 aliphatic rings. The zero-order valence-corrected chi connectivity index (χ0v) is 9.45. The number of likely N-dealkylation sites (N-methyl/N-ethyl adjacent to an activating group) is 1. The van der Waals surface area contributed by atoms with Crippen molar-refractivity contribution in [2.24, 2.45) is 0 Å². The van der Waals surface area contributed by atoms with Gasteiger partial charge >= 0.3 is 0 Å². The number of rotatable bonds is 4. The molecular weight excluding hydrogens is 205 g/mol. The normalized spacial score (nSPS) is 16.2. The highest BCUT2D eigenvalue weighted by atomic mass is 19.1. The highest BCUT2D eigenvalue weighted by molar-refractivity contribution is 5.97. The number of ketones is 1. The van der Waals surface area contributed by atoms with Crippen molar-refractivity contribution < 1.29 is 9.18 Å². The van der Waals surface area contributed by atoms with E-state index < -0.39 is 0 Å². The maximum absolute atomic E-state index is 12.7. The number of carbonyl (C=O) groups excluding carboxylic acids is 1. The SMILES string of the molecule is CN(CC(=O)c1ccc(F)cc1)C1CCC1. The molecule has 1 aromatic rings. The molecule has 1 saturated carbocycles. The summed E-state index contributed by atoms with van der Waals surface area (Å²) in [4.78, 5) is 13.9. The lowest BCUT2D eigenvalue weighted by Crippen LogP contribution is -2.40. The second-order valence-corrected chi connectivity index (χ2v) is 4.43. The molecule has 86 valence electrons. The van der Waals surface area contributed by atoms with Crippen LogP contribution in [0.1, 0.15) is 29.6 Å². The van der Waals surface area contributed by atoms with Crippen LogP contribution in [0.25, 0.3) is 0 Å². The fourth-order valence-electron chi connectivity index (χ4n) is 1.91. The number of hydrogen-bond acceptors (Lipinski definition) is 2. The number of Topliss-reactive ketones (excluding diaryl/α,β-unsaturated/α-hetero) is 1. The molecule has 0 aromatic heterocycles. The van der Waals surface area contributed by atoms with Crippen LogP contribution in [-0.4, -0.2) is 30.3 Å². The monoisotopic (exact) mass is 221 g/mol. The molecule has 2 nitrogen and oxygen atoms in total. The highest BCUT2D eigenvalue weighted by Gasteiger charge is 2.23. The lowest BCUT2D eigenvalue weighted by atomic mass is 9.91. The number of carbonyl (C=O) groups is 1. The fraction of sp³-hybridized carbons (Fsp3) is 0.462. The van der Waals surface area contributed by atoms with Gasteiger partial charge in [0.25, 0.3) is 0 Å². The van der Waals surface area contributed by atoms with E-state index in [1.807, 2.05) is 7.05 Å². The molecule has 0 heterocycles. The van der Waals surface area contributed by atoms with Crippen molar-refractivity contribution in [3.05, 3.63) is 35.6 Å². The van der Waals surface area contributed by atoms with Crippen molar-refractivity contribution in [3.8, 4) is 0 Å². The van der Waals surface area contributed by atoms with Crippen molar-refractivity contribution >= 4 is 5.78 Å². The first-order chi connectivity index (χ1) is 7.66. The van der Waals surface area contributed by atoms with E-state index in [9.17, 15) is 9.18 Å². The van der Waals surface area contributed by atoms with Crippen LogP contribution in [0.4, 0.5) is 4.39 Å². The van der Waals surface area contributed by atoms with E-state index in [1.165, 1.54) is 31.4 Å². The Morgan fingerprint density at radius 1 is 1.38 bits per heavy atom. The molecule has 0 bridgehead atoms. The molecule has 0 N–H and O–H groups in total. The van der Waals surface area contributed by atoms with Gasteiger partial charge in [0, 0.05) is 11.6 Å². The highest BCUT2D eigenvalue weighted by Crippen LogP contribution is 2.23. The predicted octanol–water partition coefficient (Wildman–Crippen LogP) is 2.49. The Morgan fingerprint density at radius 3 is 2.50 bits per heavy atom. The Morgan fingerprint density at radius 2 is 2.00 bits per heavy atom. The zero-order valence-electron chi connectivity index (χ0n) is 9.45. The average molecular weight is 221 g/mol. The summed E-state index contributed by atoms with van der Waals surface area (Å²) in [6, 6.07) is 6.32. The number of nitrogens with zero attached hydrogens (tertiary/aromatic N) is 1. The summed E-state index contributed by atoms with van der Waals surface area (Å²) in [7, 11) is 1.98. The zero-order chi connectivity index (χ0) is 11.5. The summed E-state index contributed by atoms with van der Waals surface area (Å²) in [6.07, 6.45) is 3.64. The minimum Gasteiger partial charge on any atom is -0.296 e. The Hall–Kier alpha value is -1.22. The quantitative estimate of drug-likeness (QED) is 0.728. The van der Waals surface area contributed by atoms with Gasteiger partial charge in [0.2, 0.25) is 0 Å². The van der Waals surface area contributed by atoms with Gasteiger partial charge in [-0.3, -0.25) is 9.69 Å². The third-order valence-electron chi connectivity index (χ3n) is 3.26. The number of halogens is 1. The van der Waals surface area contributed by atoms with Gasteiger partial charge in [-0.05, 0) is 44.2 Å². The van der Waals surface area contributed by atoms with E-state index in [4.69, 9.17) is 0 Å². The van der Waals surface area contributed by atoms with Crippen LogP contribution in [0, 0.1) is 5.82 Å². The van der Waals surface area contributed by atoms with Crippen molar-refractivity contribution in [2.75, 3.05) is 13.6 Å². The molecule has 0 radical (unpaired) electrons. The summed E-state index contributed by atoms with van der Waals surface area (Å²) >= 11 is 0. The van der Waals surface area contributed by atoms with Gasteiger partial charge in [-0.25, -0.2) is 4.39 Å². The third-order valence-corrected chi connectivity index (χ3v) is 3.26. The van der Waals surface area contributed by atoms with Crippen LogP contribution in [0.2, 0.25) is 0 Å². The van der Waals surface area contributed by atoms with E-state index in [0.29, 0.717) is 18.2 Å². The lowest BCUT2D eigenvalue weighted by Gasteiger charge is -2.34. The van der Waals surface area contributed by atoms with Crippen molar-refractivity contribution in [1.29, 1.82) is 0 Å². The van der Waals surface area contributed by atoms with Gasteiger partial charge in [0.1, 0.15) is 5.82 Å². The average Bonchev–Trinajstić information content (AvgIpc) is 2.15. The standard InChI is InChI=1S/C13H16FNO/c1-15(12-3-2-4-12)9-13(16)10-5-7-11(14)8-6-10/h5-8,12H,2-4,9H2,1H3. The van der Waals surface area contributed by atoms with Crippen LogP contribution in [0.3, 0.4) is 0 Å². The first-order valence-electron chi connectivity index (χ1n) is 5.66. The van der Waals surface area contributed by atoms with Crippen LogP contribution in [0.15, 0.2) is 24.3 Å². The molecule has 16 heavy (non-hydrogen) atoms. The van der Waals surface area contributed by atoms with Gasteiger partial charge in [0.05, 0.1) is 6.54 Å². The smallest absolute Gasteiger partial charge is 0.176 e. The molecule has 0 spiro atoms. The molecule has 0 atom stereocenters. The van der Waals surface area contributed by atoms with Crippen LogP contribution < -0.4 is 0 Å². The fourth-order valence-corrected chi connectivity index (χ4v) is 1.91. The summed E-state index contributed by atoms with van der Waals surface area (Å²) in [5, 5.41) is 0. The van der Waals surface area contributed by atoms with Gasteiger partial charge in [-0.2, -0.15) is 0 Å². The minimum absolute atomic E-state index is 0.0643. The lowest BCUT2D eigenvalue weighted by molar-refractivity contribution is 0.0870. The number of hydrogen-bond donors (Lipinski definition) is 0. The molecule has 3 heteroatoms. The predicted molar refractivity (Wildman–Crippen MR) is 61.0 cm³/mol. The molecular formula is C13H16FNO. The Labute approximate surface area is 95.1 Å². The third kappa shape index (κ3) is 2.47. The van der Waals surface area contributed by atoms with Crippen LogP contribution in [0.5, 0.6) is 0 Å². The van der Waals surface area contributed by atoms with Gasteiger partial charge in [-0.15, -0.1) is 0 Å². The first-order valence-corrected chi connectivity index (χ1v) is 5.66. The van der Waals surface area contributed by atoms with Gasteiger partial charge < -0.3 is 0 Å². The van der Waals surface area contributed by atoms with Crippen molar-refractivity contribution in [2.45, 2.75) is 25.3 Å². The summed E-state index contributed by atoms with van der Waals surface area (Å²) in [6.45, 7) is 0.427. The number of benzene rings is 1. The maximum Gasteiger partial charge on any atom is 0.176 e. The van der Waals surface area contributed by atoms with Crippen molar-refractivity contribution in [1.82, 2.24) is 4.90 Å². The molecule has 2 rings (SSSR count). The van der Waals surface area contributed by atoms with E-state index in [1.54, 1.807) is 12.1 Å². The molecule has 0 aliphatic heterocycles. The Balaban J connectivity index is 1.94. The topological polar surface area (TPSA) is 20.3 Å². The maximum atomic E-state index is 12.7. The van der Waals surface area contributed by atoms with Crippen molar-refractivity contribution in [3.63, 3.8) is 0 Å². The van der Waals surface area contributed by atoms with Gasteiger partial charge in [0.15, 0.2) is 5.78 Å². The van der Waals surface area contributed by atoms with E-state index in [0.717, 1.165) is 0 Å². The van der Waals surface area contributed by atoms with E-state index in [2.05, 4.69) is 4.90 Å². The molecule has 1 fully saturated rings. The first kappa shape index (κ1) is 11.3. The molecule has 1 aromatic carbocycles. The summed E-state index contributed by atoms with van der Waals surface area (Å²) in [5.41, 5.74) is 0.590. The molecule has 0 amide bonds. The Bertz CT molecular complexity index is 370. The molecule has 0 saturated heterocycles. The van der Waals surface area contributed by atoms with E-state index >= 15 is 0 Å². The van der Waals surface area contributed by atoms with Crippen LogP contribution >= 0.6 is 0 Å². The van der Waals surface area contributed by atoms with Gasteiger partial charge in [-0.1, -0.05) is 6.42 Å². The van der Waals surface area contributed by atoms with E-state index in [-0.39, 0.29) is 11.6 Å².